The molecule has 0 fully saturated rings. The molecular formula is C14H15FN2O2. The van der Waals surface area contributed by atoms with Crippen molar-refractivity contribution in [2.75, 3.05) is 5.32 Å². The molecular weight excluding hydrogens is 247 g/mol. The van der Waals surface area contributed by atoms with Crippen LogP contribution in [0.2, 0.25) is 0 Å². The predicted octanol–water partition coefficient (Wildman–Crippen LogP) is 3.61. The second-order valence-corrected chi connectivity index (χ2v) is 4.25. The number of rotatable bonds is 3. The number of para-hydroxylation sites is 1. The molecule has 2 aromatic rings. The highest BCUT2D eigenvalue weighted by molar-refractivity contribution is 5.89. The molecule has 0 spiro atoms. The third kappa shape index (κ3) is 3.34. The van der Waals surface area contributed by atoms with Crippen molar-refractivity contribution in [3.05, 3.63) is 53.7 Å². The minimum atomic E-state index is -0.480. The fourth-order valence-electron chi connectivity index (χ4n) is 1.67. The monoisotopic (exact) mass is 262 g/mol. The van der Waals surface area contributed by atoms with Crippen LogP contribution in [0.3, 0.4) is 0 Å². The molecule has 1 aromatic heterocycles. The Morgan fingerprint density at radius 1 is 1.26 bits per heavy atom. The molecule has 0 aliphatic carbocycles. The lowest BCUT2D eigenvalue weighted by Crippen LogP contribution is -2.31. The number of halogens is 1. The lowest BCUT2D eigenvalue weighted by molar-refractivity contribution is 0.247. The van der Waals surface area contributed by atoms with Gasteiger partial charge in [0.05, 0.1) is 11.7 Å². The SMILES string of the molecule is Cc1ccc(C(C)NC(=O)Nc2ccccc2F)o1. The Labute approximate surface area is 110 Å². The van der Waals surface area contributed by atoms with Crippen LogP contribution in [0.5, 0.6) is 0 Å². The number of carbonyl (C=O) groups is 1. The number of hydrogen-bond donors (Lipinski definition) is 2. The summed E-state index contributed by atoms with van der Waals surface area (Å²) in [5.41, 5.74) is 0.142. The summed E-state index contributed by atoms with van der Waals surface area (Å²) in [6.45, 7) is 3.62. The largest absolute Gasteiger partial charge is 0.464 e. The van der Waals surface area contributed by atoms with Crippen LogP contribution in [-0.4, -0.2) is 6.03 Å². The predicted molar refractivity (Wildman–Crippen MR) is 70.4 cm³/mol. The molecule has 100 valence electrons. The van der Waals surface area contributed by atoms with E-state index in [0.717, 1.165) is 5.76 Å². The molecule has 19 heavy (non-hydrogen) atoms. The third-order valence-corrected chi connectivity index (χ3v) is 2.66. The van der Waals surface area contributed by atoms with Crippen LogP contribution in [0.25, 0.3) is 0 Å². The van der Waals surface area contributed by atoms with E-state index in [4.69, 9.17) is 4.42 Å². The molecule has 2 amide bonds. The molecule has 5 heteroatoms. The zero-order valence-corrected chi connectivity index (χ0v) is 10.7. The van der Waals surface area contributed by atoms with Gasteiger partial charge in [-0.2, -0.15) is 0 Å². The minimum Gasteiger partial charge on any atom is -0.464 e. The quantitative estimate of drug-likeness (QED) is 0.887. The number of hydrogen-bond acceptors (Lipinski definition) is 2. The highest BCUT2D eigenvalue weighted by Gasteiger charge is 2.13. The van der Waals surface area contributed by atoms with E-state index in [9.17, 15) is 9.18 Å². The first-order valence-electron chi connectivity index (χ1n) is 5.94. The van der Waals surface area contributed by atoms with E-state index < -0.39 is 11.8 Å². The van der Waals surface area contributed by atoms with Gasteiger partial charge in [-0.15, -0.1) is 0 Å². The van der Waals surface area contributed by atoms with Gasteiger partial charge in [0.25, 0.3) is 0 Å². The van der Waals surface area contributed by atoms with Crippen molar-refractivity contribution in [3.8, 4) is 0 Å². The molecule has 1 unspecified atom stereocenters. The Hall–Kier alpha value is -2.30. The van der Waals surface area contributed by atoms with Crippen LogP contribution in [0.1, 0.15) is 24.5 Å². The van der Waals surface area contributed by atoms with Crippen LogP contribution in [0.4, 0.5) is 14.9 Å². The van der Waals surface area contributed by atoms with Gasteiger partial charge in [-0.25, -0.2) is 9.18 Å². The second kappa shape index (κ2) is 5.56. The fourth-order valence-corrected chi connectivity index (χ4v) is 1.67. The van der Waals surface area contributed by atoms with Crippen molar-refractivity contribution < 1.29 is 13.6 Å². The van der Waals surface area contributed by atoms with Gasteiger partial charge < -0.3 is 15.1 Å². The maximum absolute atomic E-state index is 13.4. The average Bonchev–Trinajstić information content (AvgIpc) is 2.79. The highest BCUT2D eigenvalue weighted by atomic mass is 19.1. The Morgan fingerprint density at radius 3 is 2.63 bits per heavy atom. The van der Waals surface area contributed by atoms with Gasteiger partial charge in [-0.3, -0.25) is 0 Å². The van der Waals surface area contributed by atoms with Crippen molar-refractivity contribution in [3.63, 3.8) is 0 Å². The zero-order valence-electron chi connectivity index (χ0n) is 10.7. The van der Waals surface area contributed by atoms with Crippen LogP contribution < -0.4 is 10.6 Å². The zero-order chi connectivity index (χ0) is 13.8. The van der Waals surface area contributed by atoms with Gasteiger partial charge in [0.2, 0.25) is 0 Å². The summed E-state index contributed by atoms with van der Waals surface area (Å²) in [6, 6.07) is 8.84. The minimum absolute atomic E-state index is 0.142. The molecule has 0 aliphatic heterocycles. The Kier molecular flexibility index (Phi) is 3.85. The van der Waals surface area contributed by atoms with E-state index in [1.54, 1.807) is 25.1 Å². The highest BCUT2D eigenvalue weighted by Crippen LogP contribution is 2.16. The van der Waals surface area contributed by atoms with Crippen molar-refractivity contribution >= 4 is 11.7 Å². The molecule has 0 bridgehead atoms. The molecule has 1 atom stereocenters. The van der Waals surface area contributed by atoms with Crippen LogP contribution in [0, 0.1) is 12.7 Å². The molecule has 0 radical (unpaired) electrons. The molecule has 0 saturated carbocycles. The normalized spacial score (nSPS) is 11.9. The summed E-state index contributed by atoms with van der Waals surface area (Å²) in [6.07, 6.45) is 0. The molecule has 0 aliphatic rings. The van der Waals surface area contributed by atoms with Crippen molar-refractivity contribution in [1.29, 1.82) is 0 Å². The summed E-state index contributed by atoms with van der Waals surface area (Å²) in [4.78, 5) is 11.7. The van der Waals surface area contributed by atoms with Crippen molar-refractivity contribution in [2.45, 2.75) is 19.9 Å². The van der Waals surface area contributed by atoms with E-state index in [-0.39, 0.29) is 11.7 Å². The molecule has 2 rings (SSSR count). The maximum Gasteiger partial charge on any atom is 0.319 e. The number of furan rings is 1. The summed E-state index contributed by atoms with van der Waals surface area (Å²) in [5, 5.41) is 5.13. The molecule has 0 saturated heterocycles. The first-order valence-corrected chi connectivity index (χ1v) is 5.94. The van der Waals surface area contributed by atoms with Gasteiger partial charge >= 0.3 is 6.03 Å². The lowest BCUT2D eigenvalue weighted by atomic mass is 10.2. The van der Waals surface area contributed by atoms with Gasteiger partial charge in [0, 0.05) is 0 Å². The van der Waals surface area contributed by atoms with E-state index in [1.165, 1.54) is 12.1 Å². The van der Waals surface area contributed by atoms with Crippen LogP contribution in [0.15, 0.2) is 40.8 Å². The standard InChI is InChI=1S/C14H15FN2O2/c1-9-7-8-13(19-9)10(2)16-14(18)17-12-6-4-3-5-11(12)15/h3-8,10H,1-2H3,(H2,16,17,18). The number of anilines is 1. The Balaban J connectivity index is 1.96. The van der Waals surface area contributed by atoms with Gasteiger partial charge in [-0.1, -0.05) is 12.1 Å². The number of nitrogens with one attached hydrogen (secondary N) is 2. The van der Waals surface area contributed by atoms with E-state index in [2.05, 4.69) is 10.6 Å². The molecule has 4 nitrogen and oxygen atoms in total. The van der Waals surface area contributed by atoms with Crippen LogP contribution in [-0.2, 0) is 0 Å². The van der Waals surface area contributed by atoms with Crippen LogP contribution >= 0.6 is 0 Å². The number of benzene rings is 1. The van der Waals surface area contributed by atoms with Gasteiger partial charge in [-0.05, 0) is 38.1 Å². The summed E-state index contributed by atoms with van der Waals surface area (Å²) >= 11 is 0. The van der Waals surface area contributed by atoms with E-state index in [0.29, 0.717) is 5.76 Å². The number of urea groups is 1. The molecule has 1 heterocycles. The second-order valence-electron chi connectivity index (χ2n) is 4.25. The number of aryl methyl sites for hydroxylation is 1. The lowest BCUT2D eigenvalue weighted by Gasteiger charge is -2.12. The molecule has 2 N–H and O–H groups in total. The Bertz CT molecular complexity index is 580. The van der Waals surface area contributed by atoms with Crippen molar-refractivity contribution in [2.24, 2.45) is 0 Å². The topological polar surface area (TPSA) is 54.3 Å². The number of amides is 2. The van der Waals surface area contributed by atoms with E-state index >= 15 is 0 Å². The van der Waals surface area contributed by atoms with Crippen molar-refractivity contribution in [1.82, 2.24) is 5.32 Å². The fraction of sp³-hybridized carbons (Fsp3) is 0.214. The first-order chi connectivity index (χ1) is 9.06. The maximum atomic E-state index is 13.4. The summed E-state index contributed by atoms with van der Waals surface area (Å²) < 4.78 is 18.8. The summed E-state index contributed by atoms with van der Waals surface area (Å²) in [7, 11) is 0. The van der Waals surface area contributed by atoms with Gasteiger partial charge in [0.15, 0.2) is 0 Å². The smallest absolute Gasteiger partial charge is 0.319 e. The van der Waals surface area contributed by atoms with E-state index in [1.807, 2.05) is 13.0 Å². The van der Waals surface area contributed by atoms with Gasteiger partial charge in [0.1, 0.15) is 17.3 Å². The Morgan fingerprint density at radius 2 is 2.00 bits per heavy atom. The summed E-state index contributed by atoms with van der Waals surface area (Å²) in [5.74, 6) is 0.957. The molecule has 1 aromatic carbocycles. The third-order valence-electron chi connectivity index (χ3n) is 2.66. The first kappa shape index (κ1) is 13.1. The number of carbonyl (C=O) groups excluding carboxylic acids is 1. The average molecular weight is 262 g/mol.